The second kappa shape index (κ2) is 14.7. The number of hydrogen-bond donors (Lipinski definition) is 0. The summed E-state index contributed by atoms with van der Waals surface area (Å²) in [5.41, 5.74) is 15.4. The first-order chi connectivity index (χ1) is 30.7. The third kappa shape index (κ3) is 5.98. The molecule has 0 aliphatic heterocycles. The molecule has 0 radical (unpaired) electrons. The van der Waals surface area contributed by atoms with E-state index in [1.807, 2.05) is 6.07 Å². The van der Waals surface area contributed by atoms with Crippen molar-refractivity contribution >= 4 is 38.1 Å². The Kier molecular flexibility index (Phi) is 8.42. The number of pyridine rings is 1. The molecule has 0 fully saturated rings. The summed E-state index contributed by atoms with van der Waals surface area (Å²) in [4.78, 5) is 10.5. The Labute approximate surface area is 358 Å². The highest BCUT2D eigenvalue weighted by atomic mass is 15.2. The molecule has 0 aliphatic rings. The Morgan fingerprint density at radius 2 is 0.887 bits per heavy atom. The summed E-state index contributed by atoms with van der Waals surface area (Å²) in [6, 6.07) is 79.0. The van der Waals surface area contributed by atoms with E-state index in [0.29, 0.717) is 5.82 Å². The summed E-state index contributed by atoms with van der Waals surface area (Å²) < 4.78 is 4.47. The smallest absolute Gasteiger partial charge is 0.160 e. The maximum atomic E-state index is 5.50. The van der Waals surface area contributed by atoms with E-state index in [4.69, 9.17) is 15.1 Å². The SMILES string of the molecule is c1ccc(-c2cc(-c3cccc(-c4nn5c(-c6ccccc6)cc6ccccc6c5c4-c4ccccc4)c3)nc(-c3ccc(-n4c5ccccc5c5ccccc54)cc3)n2)cc1. The molecule has 62 heavy (non-hydrogen) atoms. The van der Waals surface area contributed by atoms with Crippen LogP contribution in [0.1, 0.15) is 0 Å². The topological polar surface area (TPSA) is 48.0 Å². The van der Waals surface area contributed by atoms with Gasteiger partial charge in [-0.05, 0) is 65.5 Å². The number of nitrogens with zero attached hydrogens (tertiary/aromatic N) is 5. The highest BCUT2D eigenvalue weighted by molar-refractivity contribution is 6.10. The van der Waals surface area contributed by atoms with Gasteiger partial charge >= 0.3 is 0 Å². The molecular weight excluding hydrogens is 755 g/mol. The maximum absolute atomic E-state index is 5.50. The molecule has 5 heteroatoms. The molecule has 0 amide bonds. The predicted octanol–water partition coefficient (Wildman–Crippen LogP) is 14.4. The second-order valence-electron chi connectivity index (χ2n) is 15.7. The molecule has 12 aromatic rings. The lowest BCUT2D eigenvalue weighted by Crippen LogP contribution is -1.97. The summed E-state index contributed by atoms with van der Waals surface area (Å²) in [6.45, 7) is 0. The highest BCUT2D eigenvalue weighted by Crippen LogP contribution is 2.42. The van der Waals surface area contributed by atoms with Gasteiger partial charge in [0.1, 0.15) is 5.69 Å². The van der Waals surface area contributed by atoms with Gasteiger partial charge in [0, 0.05) is 55.2 Å². The predicted molar refractivity (Wildman–Crippen MR) is 255 cm³/mol. The molecule has 12 rings (SSSR count). The monoisotopic (exact) mass is 791 g/mol. The number of hydrogen-bond acceptors (Lipinski definition) is 3. The average molecular weight is 792 g/mol. The minimum Gasteiger partial charge on any atom is -0.309 e. The molecule has 0 aliphatic carbocycles. The zero-order valence-electron chi connectivity index (χ0n) is 33.6. The molecule has 0 saturated carbocycles. The highest BCUT2D eigenvalue weighted by Gasteiger charge is 2.22. The van der Waals surface area contributed by atoms with E-state index in [2.05, 4.69) is 227 Å². The van der Waals surface area contributed by atoms with Gasteiger partial charge in [-0.3, -0.25) is 0 Å². The molecule has 4 aromatic heterocycles. The number of benzene rings is 8. The van der Waals surface area contributed by atoms with Crippen molar-refractivity contribution in [2.75, 3.05) is 0 Å². The molecule has 0 bridgehead atoms. The van der Waals surface area contributed by atoms with Crippen LogP contribution in [0.15, 0.2) is 224 Å². The van der Waals surface area contributed by atoms with Gasteiger partial charge in [-0.1, -0.05) is 170 Å². The van der Waals surface area contributed by atoms with Crippen molar-refractivity contribution in [2.24, 2.45) is 0 Å². The van der Waals surface area contributed by atoms with E-state index in [9.17, 15) is 0 Å². The Hall–Kier alpha value is -8.41. The van der Waals surface area contributed by atoms with E-state index in [1.165, 1.54) is 27.2 Å². The van der Waals surface area contributed by atoms with Crippen LogP contribution in [-0.4, -0.2) is 24.1 Å². The van der Waals surface area contributed by atoms with E-state index in [-0.39, 0.29) is 0 Å². The lowest BCUT2D eigenvalue weighted by atomic mass is 9.95. The first kappa shape index (κ1) is 35.5. The maximum Gasteiger partial charge on any atom is 0.160 e. The summed E-state index contributed by atoms with van der Waals surface area (Å²) in [7, 11) is 0. The van der Waals surface area contributed by atoms with Crippen LogP contribution in [0.25, 0.3) is 111 Å². The Morgan fingerprint density at radius 1 is 0.355 bits per heavy atom. The van der Waals surface area contributed by atoms with Crippen molar-refractivity contribution < 1.29 is 0 Å². The lowest BCUT2D eigenvalue weighted by Gasteiger charge is -2.12. The molecule has 4 heterocycles. The largest absolute Gasteiger partial charge is 0.309 e. The van der Waals surface area contributed by atoms with Crippen LogP contribution in [-0.2, 0) is 0 Å². The summed E-state index contributed by atoms with van der Waals surface area (Å²) in [6.07, 6.45) is 0. The molecule has 8 aromatic carbocycles. The van der Waals surface area contributed by atoms with E-state index >= 15 is 0 Å². The minimum absolute atomic E-state index is 0.664. The fourth-order valence-electron chi connectivity index (χ4n) is 9.05. The molecule has 5 nitrogen and oxygen atoms in total. The van der Waals surface area contributed by atoms with Crippen LogP contribution >= 0.6 is 0 Å². The van der Waals surface area contributed by atoms with Crippen LogP contribution in [0, 0.1) is 0 Å². The fourth-order valence-corrected chi connectivity index (χ4v) is 9.05. The third-order valence-electron chi connectivity index (χ3n) is 11.9. The summed E-state index contributed by atoms with van der Waals surface area (Å²) in [5.74, 6) is 0.664. The van der Waals surface area contributed by atoms with E-state index in [1.54, 1.807) is 0 Å². The normalized spacial score (nSPS) is 11.5. The van der Waals surface area contributed by atoms with Crippen molar-refractivity contribution in [3.05, 3.63) is 224 Å². The van der Waals surface area contributed by atoms with Gasteiger partial charge in [-0.15, -0.1) is 0 Å². The van der Waals surface area contributed by atoms with E-state index in [0.717, 1.165) is 78.3 Å². The van der Waals surface area contributed by atoms with Crippen LogP contribution in [0.4, 0.5) is 0 Å². The summed E-state index contributed by atoms with van der Waals surface area (Å²) in [5, 5.41) is 10.3. The number of rotatable bonds is 7. The van der Waals surface area contributed by atoms with Crippen molar-refractivity contribution in [3.8, 4) is 73.2 Å². The first-order valence-electron chi connectivity index (χ1n) is 20.9. The third-order valence-corrected chi connectivity index (χ3v) is 11.9. The van der Waals surface area contributed by atoms with Crippen molar-refractivity contribution in [2.45, 2.75) is 0 Å². The van der Waals surface area contributed by atoms with Crippen LogP contribution in [0.2, 0.25) is 0 Å². The second-order valence-corrected chi connectivity index (χ2v) is 15.7. The fraction of sp³-hybridized carbons (Fsp3) is 0. The van der Waals surface area contributed by atoms with Gasteiger partial charge < -0.3 is 4.57 Å². The number of para-hydroxylation sites is 2. The molecular formula is C57H37N5. The van der Waals surface area contributed by atoms with Crippen LogP contribution < -0.4 is 0 Å². The molecule has 290 valence electrons. The first-order valence-corrected chi connectivity index (χ1v) is 20.9. The van der Waals surface area contributed by atoms with Crippen LogP contribution in [0.3, 0.4) is 0 Å². The van der Waals surface area contributed by atoms with Gasteiger partial charge in [0.05, 0.1) is 33.6 Å². The molecule has 0 atom stereocenters. The van der Waals surface area contributed by atoms with Gasteiger partial charge in [0.25, 0.3) is 0 Å². The van der Waals surface area contributed by atoms with Crippen molar-refractivity contribution in [1.82, 2.24) is 24.1 Å². The van der Waals surface area contributed by atoms with Gasteiger partial charge in [-0.25, -0.2) is 14.5 Å². The average Bonchev–Trinajstić information content (AvgIpc) is 3.92. The minimum atomic E-state index is 0.664. The Balaban J connectivity index is 1.03. The molecule has 0 spiro atoms. The van der Waals surface area contributed by atoms with Gasteiger partial charge in [0.15, 0.2) is 5.82 Å². The summed E-state index contributed by atoms with van der Waals surface area (Å²) >= 11 is 0. The zero-order valence-corrected chi connectivity index (χ0v) is 33.6. The molecule has 0 saturated heterocycles. The van der Waals surface area contributed by atoms with Crippen molar-refractivity contribution in [3.63, 3.8) is 0 Å². The Morgan fingerprint density at radius 3 is 1.56 bits per heavy atom. The standard InChI is InChI=1S/C57H37N5/c1-4-17-38(18-5-1)49-37-50(59-57(58-49)41-31-33-45(34-32-41)61-51-29-14-12-27-47(51)48-28-13-15-30-52(48)61)43-24-16-25-44(35-43)55-54(40-21-8-3-9-22-40)56-46-26-11-10-23-42(46)36-53(62(56)60-55)39-19-6-2-7-20-39/h1-37H. The van der Waals surface area contributed by atoms with E-state index < -0.39 is 0 Å². The zero-order chi connectivity index (χ0) is 41.0. The lowest BCUT2D eigenvalue weighted by molar-refractivity contribution is 0.979. The number of aromatic nitrogens is 5. The quantitative estimate of drug-likeness (QED) is 0.162. The molecule has 0 N–H and O–H groups in total. The number of fused-ring (bicyclic) bond motifs is 6. The molecule has 0 unspecified atom stereocenters. The van der Waals surface area contributed by atoms with Gasteiger partial charge in [-0.2, -0.15) is 5.10 Å². The van der Waals surface area contributed by atoms with Crippen LogP contribution in [0.5, 0.6) is 0 Å². The van der Waals surface area contributed by atoms with Gasteiger partial charge in [0.2, 0.25) is 0 Å². The van der Waals surface area contributed by atoms with Crippen molar-refractivity contribution in [1.29, 1.82) is 0 Å². The Bertz CT molecular complexity index is 3550.